The molecule has 0 radical (unpaired) electrons. The van der Waals surface area contributed by atoms with Gasteiger partial charge in [-0.3, -0.25) is 4.79 Å². The van der Waals surface area contributed by atoms with Crippen molar-refractivity contribution < 1.29 is 14.7 Å². The predicted molar refractivity (Wildman–Crippen MR) is 91.7 cm³/mol. The van der Waals surface area contributed by atoms with Crippen molar-refractivity contribution in [2.75, 3.05) is 0 Å². The molecule has 0 saturated heterocycles. The number of amides is 1. The maximum atomic E-state index is 12.9. The zero-order valence-corrected chi connectivity index (χ0v) is 14.0. The van der Waals surface area contributed by atoms with Crippen LogP contribution < -0.4 is 0 Å². The second-order valence-electron chi connectivity index (χ2n) is 6.40. The molecule has 0 bridgehead atoms. The first-order valence-electron chi connectivity index (χ1n) is 8.11. The Kier molecular flexibility index (Phi) is 4.38. The lowest BCUT2D eigenvalue weighted by molar-refractivity contribution is -0.151. The average Bonchev–Trinajstić information content (AvgIpc) is 2.56. The largest absolute Gasteiger partial charge is 0.480 e. The van der Waals surface area contributed by atoms with Crippen LogP contribution in [0.2, 0.25) is 0 Å². The molecule has 0 saturated carbocycles. The summed E-state index contributed by atoms with van der Waals surface area (Å²) in [5.74, 6) is -1.08. The first-order valence-corrected chi connectivity index (χ1v) is 8.11. The molecular weight excluding hydrogens is 302 g/mol. The molecule has 4 heteroatoms. The van der Waals surface area contributed by atoms with E-state index in [4.69, 9.17) is 0 Å². The molecule has 1 amide bonds. The van der Waals surface area contributed by atoms with Gasteiger partial charge in [0.1, 0.15) is 6.04 Å². The highest BCUT2D eigenvalue weighted by atomic mass is 16.4. The van der Waals surface area contributed by atoms with Crippen LogP contribution in [-0.2, 0) is 29.0 Å². The number of carbonyl (C=O) groups excluding carboxylic acids is 1. The quantitative estimate of drug-likeness (QED) is 0.945. The van der Waals surface area contributed by atoms with Gasteiger partial charge in [-0.15, -0.1) is 0 Å². The maximum Gasteiger partial charge on any atom is 0.326 e. The highest BCUT2D eigenvalue weighted by Crippen LogP contribution is 2.25. The van der Waals surface area contributed by atoms with Gasteiger partial charge in [-0.05, 0) is 41.7 Å². The third-order valence-corrected chi connectivity index (χ3v) is 4.83. The van der Waals surface area contributed by atoms with E-state index in [1.165, 1.54) is 4.90 Å². The van der Waals surface area contributed by atoms with E-state index in [0.29, 0.717) is 13.0 Å². The summed E-state index contributed by atoms with van der Waals surface area (Å²) < 4.78 is 0. The highest BCUT2D eigenvalue weighted by molar-refractivity contribution is 5.86. The Morgan fingerprint density at radius 3 is 2.29 bits per heavy atom. The fraction of sp³-hybridized carbons (Fsp3) is 0.300. The van der Waals surface area contributed by atoms with Crippen LogP contribution in [0.25, 0.3) is 0 Å². The number of hydrogen-bond donors (Lipinski definition) is 1. The van der Waals surface area contributed by atoms with Crippen LogP contribution in [0.4, 0.5) is 0 Å². The molecule has 4 nitrogen and oxygen atoms in total. The van der Waals surface area contributed by atoms with E-state index < -0.39 is 12.0 Å². The number of nitrogens with zero attached hydrogens (tertiary/aromatic N) is 1. The number of rotatable bonds is 3. The van der Waals surface area contributed by atoms with Gasteiger partial charge in [0, 0.05) is 13.0 Å². The second kappa shape index (κ2) is 6.48. The van der Waals surface area contributed by atoms with Crippen molar-refractivity contribution in [3.05, 3.63) is 70.3 Å². The third kappa shape index (κ3) is 3.04. The predicted octanol–water partition coefficient (Wildman–Crippen LogP) is 2.88. The summed E-state index contributed by atoms with van der Waals surface area (Å²) in [6.45, 7) is 4.32. The minimum atomic E-state index is -0.945. The number of aliphatic carboxylic acids is 1. The zero-order valence-electron chi connectivity index (χ0n) is 14.0. The Morgan fingerprint density at radius 1 is 1.04 bits per heavy atom. The molecule has 24 heavy (non-hydrogen) atoms. The van der Waals surface area contributed by atoms with Gasteiger partial charge in [-0.25, -0.2) is 4.79 Å². The van der Waals surface area contributed by atoms with Crippen molar-refractivity contribution in [1.29, 1.82) is 0 Å². The number of benzene rings is 2. The van der Waals surface area contributed by atoms with Gasteiger partial charge in [0.15, 0.2) is 0 Å². The second-order valence-corrected chi connectivity index (χ2v) is 6.40. The third-order valence-electron chi connectivity index (χ3n) is 4.83. The minimum Gasteiger partial charge on any atom is -0.480 e. The molecule has 1 unspecified atom stereocenters. The monoisotopic (exact) mass is 323 g/mol. The van der Waals surface area contributed by atoms with Gasteiger partial charge in [0.2, 0.25) is 5.91 Å². The molecule has 0 fully saturated rings. The SMILES string of the molecule is Cc1cccc(C)c1CC(=O)N1Cc2ccccc2CC1C(=O)O. The molecule has 0 aromatic heterocycles. The molecule has 1 heterocycles. The Bertz CT molecular complexity index is 777. The van der Waals surface area contributed by atoms with Crippen molar-refractivity contribution in [2.24, 2.45) is 0 Å². The van der Waals surface area contributed by atoms with E-state index in [9.17, 15) is 14.7 Å². The molecule has 1 aliphatic rings. The molecule has 0 aliphatic carbocycles. The lowest BCUT2D eigenvalue weighted by Crippen LogP contribution is -2.49. The van der Waals surface area contributed by atoms with E-state index in [0.717, 1.165) is 27.8 Å². The van der Waals surface area contributed by atoms with Crippen LogP contribution in [0, 0.1) is 13.8 Å². The van der Waals surface area contributed by atoms with E-state index in [1.54, 1.807) is 0 Å². The minimum absolute atomic E-state index is 0.130. The highest BCUT2D eigenvalue weighted by Gasteiger charge is 2.34. The molecule has 1 N–H and O–H groups in total. The van der Waals surface area contributed by atoms with Gasteiger partial charge in [-0.1, -0.05) is 42.5 Å². The lowest BCUT2D eigenvalue weighted by Gasteiger charge is -2.34. The number of carboxylic acids is 1. The smallest absolute Gasteiger partial charge is 0.326 e. The standard InChI is InChI=1S/C20H21NO3/c1-13-6-5-7-14(2)17(13)11-19(22)21-12-16-9-4-3-8-15(16)10-18(21)20(23)24/h3-9,18H,10-12H2,1-2H3,(H,23,24). The Labute approximate surface area is 141 Å². The molecule has 3 rings (SSSR count). The summed E-state index contributed by atoms with van der Waals surface area (Å²) in [7, 11) is 0. The Morgan fingerprint density at radius 2 is 1.67 bits per heavy atom. The van der Waals surface area contributed by atoms with Gasteiger partial charge in [0.05, 0.1) is 6.42 Å². The van der Waals surface area contributed by atoms with E-state index in [-0.39, 0.29) is 12.3 Å². The molecule has 1 aliphatic heterocycles. The van der Waals surface area contributed by atoms with Gasteiger partial charge < -0.3 is 10.0 Å². The number of aryl methyl sites for hydroxylation is 2. The van der Waals surface area contributed by atoms with Crippen LogP contribution >= 0.6 is 0 Å². The van der Waals surface area contributed by atoms with Crippen molar-refractivity contribution in [3.8, 4) is 0 Å². The topological polar surface area (TPSA) is 57.6 Å². The molecule has 2 aromatic rings. The summed E-state index contributed by atoms with van der Waals surface area (Å²) >= 11 is 0. The fourth-order valence-electron chi connectivity index (χ4n) is 3.39. The summed E-state index contributed by atoms with van der Waals surface area (Å²) in [6.07, 6.45) is 0.606. The summed E-state index contributed by atoms with van der Waals surface area (Å²) in [4.78, 5) is 26.0. The summed E-state index contributed by atoms with van der Waals surface area (Å²) in [5, 5.41) is 9.56. The number of carbonyl (C=O) groups is 2. The number of carboxylic acid groups (broad SMARTS) is 1. The fourth-order valence-corrected chi connectivity index (χ4v) is 3.39. The van der Waals surface area contributed by atoms with Crippen LogP contribution in [0.15, 0.2) is 42.5 Å². The van der Waals surface area contributed by atoms with Crippen LogP contribution in [0.3, 0.4) is 0 Å². The molecular formula is C20H21NO3. The molecule has 0 spiro atoms. The molecule has 2 aromatic carbocycles. The Hall–Kier alpha value is -2.62. The van der Waals surface area contributed by atoms with Crippen LogP contribution in [0.5, 0.6) is 0 Å². The van der Waals surface area contributed by atoms with Crippen molar-refractivity contribution >= 4 is 11.9 Å². The molecule has 1 atom stereocenters. The van der Waals surface area contributed by atoms with Gasteiger partial charge in [0.25, 0.3) is 0 Å². The number of hydrogen-bond acceptors (Lipinski definition) is 2. The van der Waals surface area contributed by atoms with E-state index >= 15 is 0 Å². The first-order chi connectivity index (χ1) is 11.5. The van der Waals surface area contributed by atoms with Gasteiger partial charge in [-0.2, -0.15) is 0 Å². The van der Waals surface area contributed by atoms with Gasteiger partial charge >= 0.3 is 5.97 Å². The van der Waals surface area contributed by atoms with Crippen molar-refractivity contribution in [2.45, 2.75) is 39.3 Å². The average molecular weight is 323 g/mol. The summed E-state index contributed by atoms with van der Waals surface area (Å²) in [5.41, 5.74) is 5.16. The summed E-state index contributed by atoms with van der Waals surface area (Å²) in [6, 6.07) is 12.9. The Balaban J connectivity index is 1.89. The number of fused-ring (bicyclic) bond motifs is 1. The maximum absolute atomic E-state index is 12.9. The van der Waals surface area contributed by atoms with E-state index in [1.807, 2.05) is 56.3 Å². The van der Waals surface area contributed by atoms with E-state index in [2.05, 4.69) is 0 Å². The lowest BCUT2D eigenvalue weighted by atomic mass is 9.92. The normalized spacial score (nSPS) is 16.6. The zero-order chi connectivity index (χ0) is 17.3. The van der Waals surface area contributed by atoms with Crippen LogP contribution in [-0.4, -0.2) is 27.9 Å². The molecule has 124 valence electrons. The van der Waals surface area contributed by atoms with Crippen molar-refractivity contribution in [1.82, 2.24) is 4.90 Å². The van der Waals surface area contributed by atoms with Crippen molar-refractivity contribution in [3.63, 3.8) is 0 Å². The van der Waals surface area contributed by atoms with Crippen LogP contribution in [0.1, 0.15) is 27.8 Å². The first kappa shape index (κ1) is 16.2.